The molecule has 0 saturated carbocycles. The van der Waals surface area contributed by atoms with Crippen molar-refractivity contribution < 1.29 is 9.59 Å². The van der Waals surface area contributed by atoms with Crippen molar-refractivity contribution in [3.8, 4) is 0 Å². The maximum atomic E-state index is 12.2. The largest absolute Gasteiger partial charge is 0.340 e. The number of carbonyl (C=O) groups is 2. The van der Waals surface area contributed by atoms with Gasteiger partial charge in [0.15, 0.2) is 5.13 Å². The Morgan fingerprint density at radius 1 is 1.53 bits per heavy atom. The van der Waals surface area contributed by atoms with Gasteiger partial charge in [-0.05, 0) is 12.0 Å². The smallest absolute Gasteiger partial charge is 0.273 e. The quantitative estimate of drug-likeness (QED) is 0.849. The van der Waals surface area contributed by atoms with Crippen LogP contribution in [0.5, 0.6) is 0 Å². The first kappa shape index (κ1) is 15.6. The maximum absolute atomic E-state index is 12.2. The summed E-state index contributed by atoms with van der Waals surface area (Å²) in [7, 11) is 1.72. The van der Waals surface area contributed by atoms with E-state index in [-0.39, 0.29) is 17.2 Å². The summed E-state index contributed by atoms with van der Waals surface area (Å²) in [5, 5.41) is 4.63. The van der Waals surface area contributed by atoms with E-state index >= 15 is 0 Å². The fraction of sp³-hybridized carbons (Fsp3) is 0.583. The van der Waals surface area contributed by atoms with E-state index in [1.807, 2.05) is 13.8 Å². The van der Waals surface area contributed by atoms with Gasteiger partial charge in [-0.1, -0.05) is 13.8 Å². The average molecular weight is 284 g/mol. The third-order valence-electron chi connectivity index (χ3n) is 2.57. The van der Waals surface area contributed by atoms with Crippen LogP contribution in [0.25, 0.3) is 0 Å². The highest BCUT2D eigenvalue weighted by Crippen LogP contribution is 2.19. The summed E-state index contributed by atoms with van der Waals surface area (Å²) in [5.41, 5.74) is 5.85. The van der Waals surface area contributed by atoms with Crippen LogP contribution in [0, 0.1) is 5.41 Å². The number of nitrogens with one attached hydrogen (secondary N) is 1. The van der Waals surface area contributed by atoms with Crippen LogP contribution < -0.4 is 11.1 Å². The fourth-order valence-electron chi connectivity index (χ4n) is 1.55. The molecule has 0 radical (unpaired) electrons. The molecule has 0 aliphatic carbocycles. The van der Waals surface area contributed by atoms with Crippen molar-refractivity contribution in [2.45, 2.75) is 20.8 Å². The van der Waals surface area contributed by atoms with Crippen LogP contribution in [0.1, 0.15) is 31.3 Å². The summed E-state index contributed by atoms with van der Waals surface area (Å²) in [6, 6.07) is 0. The van der Waals surface area contributed by atoms with E-state index < -0.39 is 0 Å². The van der Waals surface area contributed by atoms with Crippen LogP contribution in [-0.2, 0) is 4.79 Å². The predicted octanol–water partition coefficient (Wildman–Crippen LogP) is 1.16. The molecular weight excluding hydrogens is 264 g/mol. The van der Waals surface area contributed by atoms with Gasteiger partial charge in [-0.15, -0.1) is 11.3 Å². The summed E-state index contributed by atoms with van der Waals surface area (Å²) in [6.45, 7) is 6.45. The highest BCUT2D eigenvalue weighted by molar-refractivity contribution is 7.14. The number of hydrogen-bond acceptors (Lipinski definition) is 5. The van der Waals surface area contributed by atoms with Crippen molar-refractivity contribution in [1.29, 1.82) is 0 Å². The molecule has 0 bridgehead atoms. The molecule has 6 nitrogen and oxygen atoms in total. The van der Waals surface area contributed by atoms with E-state index in [4.69, 9.17) is 5.73 Å². The molecule has 1 heterocycles. The molecule has 19 heavy (non-hydrogen) atoms. The molecule has 2 amide bonds. The number of rotatable bonds is 5. The summed E-state index contributed by atoms with van der Waals surface area (Å²) >= 11 is 1.23. The minimum Gasteiger partial charge on any atom is -0.340 e. The van der Waals surface area contributed by atoms with Gasteiger partial charge in [0.2, 0.25) is 5.91 Å². The summed E-state index contributed by atoms with van der Waals surface area (Å²) in [5.74, 6) is -0.375. The van der Waals surface area contributed by atoms with Crippen molar-refractivity contribution >= 4 is 28.3 Å². The number of anilines is 1. The second-order valence-electron chi connectivity index (χ2n) is 5.25. The normalized spacial score (nSPS) is 11.2. The lowest BCUT2D eigenvalue weighted by molar-refractivity contribution is -0.114. The first-order chi connectivity index (χ1) is 8.75. The van der Waals surface area contributed by atoms with Gasteiger partial charge in [0.25, 0.3) is 5.91 Å². The van der Waals surface area contributed by atoms with Crippen molar-refractivity contribution in [3.05, 3.63) is 11.1 Å². The van der Waals surface area contributed by atoms with Crippen LogP contribution in [0.3, 0.4) is 0 Å². The predicted molar refractivity (Wildman–Crippen MR) is 76.2 cm³/mol. The first-order valence-corrected chi connectivity index (χ1v) is 6.82. The van der Waals surface area contributed by atoms with Crippen molar-refractivity contribution in [2.24, 2.45) is 11.1 Å². The molecule has 0 fully saturated rings. The van der Waals surface area contributed by atoms with Gasteiger partial charge in [-0.25, -0.2) is 4.98 Å². The lowest BCUT2D eigenvalue weighted by Crippen LogP contribution is -2.39. The third kappa shape index (κ3) is 4.60. The monoisotopic (exact) mass is 284 g/mol. The molecule has 0 aliphatic rings. The van der Waals surface area contributed by atoms with Crippen LogP contribution in [0.4, 0.5) is 5.13 Å². The molecule has 106 valence electrons. The van der Waals surface area contributed by atoms with Gasteiger partial charge < -0.3 is 16.0 Å². The van der Waals surface area contributed by atoms with Gasteiger partial charge in [0.05, 0.1) is 0 Å². The molecule has 1 rings (SSSR count). The Labute approximate surface area is 117 Å². The van der Waals surface area contributed by atoms with Crippen molar-refractivity contribution in [2.75, 3.05) is 25.5 Å². The summed E-state index contributed by atoms with van der Waals surface area (Å²) in [6.07, 6.45) is 0. The van der Waals surface area contributed by atoms with Gasteiger partial charge in [-0.3, -0.25) is 9.59 Å². The van der Waals surface area contributed by atoms with E-state index in [2.05, 4.69) is 10.3 Å². The van der Waals surface area contributed by atoms with E-state index in [0.717, 1.165) is 0 Å². The van der Waals surface area contributed by atoms with Crippen molar-refractivity contribution in [1.82, 2.24) is 9.88 Å². The summed E-state index contributed by atoms with van der Waals surface area (Å²) < 4.78 is 0. The molecule has 0 aliphatic heterocycles. The van der Waals surface area contributed by atoms with Gasteiger partial charge in [-0.2, -0.15) is 0 Å². The Morgan fingerprint density at radius 3 is 2.68 bits per heavy atom. The van der Waals surface area contributed by atoms with Crippen LogP contribution in [0.2, 0.25) is 0 Å². The first-order valence-electron chi connectivity index (χ1n) is 5.94. The zero-order valence-corrected chi connectivity index (χ0v) is 12.5. The average Bonchev–Trinajstić information content (AvgIpc) is 2.75. The fourth-order valence-corrected chi connectivity index (χ4v) is 2.28. The SMILES string of the molecule is CC(=O)Nc1nc(C(=O)N(C)CC(C)(C)CN)cs1. The summed E-state index contributed by atoms with van der Waals surface area (Å²) in [4.78, 5) is 28.7. The topological polar surface area (TPSA) is 88.3 Å². The number of nitrogens with zero attached hydrogens (tertiary/aromatic N) is 2. The molecule has 1 aromatic heterocycles. The van der Waals surface area contributed by atoms with E-state index in [0.29, 0.717) is 23.9 Å². The second-order valence-corrected chi connectivity index (χ2v) is 6.11. The number of aromatic nitrogens is 1. The molecule has 1 aromatic rings. The minimum absolute atomic E-state index is 0.138. The minimum atomic E-state index is -0.203. The van der Waals surface area contributed by atoms with Crippen LogP contribution in [-0.4, -0.2) is 41.8 Å². The second kappa shape index (κ2) is 6.12. The third-order valence-corrected chi connectivity index (χ3v) is 3.33. The molecule has 0 spiro atoms. The Hall–Kier alpha value is -1.47. The number of thiazole rings is 1. The zero-order valence-electron chi connectivity index (χ0n) is 11.7. The number of hydrogen-bond donors (Lipinski definition) is 2. The Balaban J connectivity index is 2.72. The van der Waals surface area contributed by atoms with E-state index in [1.54, 1.807) is 17.3 Å². The Bertz CT molecular complexity index is 470. The maximum Gasteiger partial charge on any atom is 0.273 e. The molecule has 7 heteroatoms. The standard InChI is InChI=1S/C12H20N4O2S/c1-8(17)14-11-15-9(5-19-11)10(18)16(4)7-12(2,3)6-13/h5H,6-7,13H2,1-4H3,(H,14,15,17). The molecule has 0 saturated heterocycles. The van der Waals surface area contributed by atoms with E-state index in [1.165, 1.54) is 18.3 Å². The van der Waals surface area contributed by atoms with Crippen LogP contribution >= 0.6 is 11.3 Å². The highest BCUT2D eigenvalue weighted by Gasteiger charge is 2.23. The number of carbonyl (C=O) groups excluding carboxylic acids is 2. The Kier molecular flexibility index (Phi) is 5.02. The van der Waals surface area contributed by atoms with E-state index in [9.17, 15) is 9.59 Å². The van der Waals surface area contributed by atoms with Crippen molar-refractivity contribution in [3.63, 3.8) is 0 Å². The molecule has 0 atom stereocenters. The zero-order chi connectivity index (χ0) is 14.6. The Morgan fingerprint density at radius 2 is 2.16 bits per heavy atom. The lowest BCUT2D eigenvalue weighted by atomic mass is 9.93. The van der Waals surface area contributed by atoms with Crippen LogP contribution in [0.15, 0.2) is 5.38 Å². The molecule has 0 aromatic carbocycles. The van der Waals surface area contributed by atoms with Gasteiger partial charge in [0.1, 0.15) is 5.69 Å². The highest BCUT2D eigenvalue weighted by atomic mass is 32.1. The molecule has 0 unspecified atom stereocenters. The van der Waals surface area contributed by atoms with Gasteiger partial charge >= 0.3 is 0 Å². The number of nitrogens with two attached hydrogens (primary N) is 1. The number of amides is 2. The lowest BCUT2D eigenvalue weighted by Gasteiger charge is -2.28. The van der Waals surface area contributed by atoms with Gasteiger partial charge in [0, 0.05) is 25.9 Å². The molecule has 3 N–H and O–H groups in total. The molecular formula is C12H20N4O2S.